The van der Waals surface area contributed by atoms with Gasteiger partial charge >= 0.3 is 0 Å². The third kappa shape index (κ3) is 1.94. The highest BCUT2D eigenvalue weighted by atomic mass is 16.1. The molecule has 0 saturated heterocycles. The summed E-state index contributed by atoms with van der Waals surface area (Å²) >= 11 is 0. The molecule has 1 aromatic heterocycles. The predicted molar refractivity (Wildman–Crippen MR) is 80.9 cm³/mol. The van der Waals surface area contributed by atoms with Gasteiger partial charge in [-0.05, 0) is 39.2 Å². The van der Waals surface area contributed by atoms with Gasteiger partial charge in [0.2, 0.25) is 0 Å². The summed E-state index contributed by atoms with van der Waals surface area (Å²) in [5.41, 5.74) is 11.8. The van der Waals surface area contributed by atoms with E-state index >= 15 is 0 Å². The van der Waals surface area contributed by atoms with Crippen molar-refractivity contribution in [3.8, 4) is 11.1 Å². The van der Waals surface area contributed by atoms with Crippen molar-refractivity contribution in [2.45, 2.75) is 39.7 Å². The van der Waals surface area contributed by atoms with Crippen molar-refractivity contribution in [2.24, 2.45) is 5.73 Å². The summed E-state index contributed by atoms with van der Waals surface area (Å²) in [5.74, 6) is -0.333. The van der Waals surface area contributed by atoms with Gasteiger partial charge in [-0.2, -0.15) is 0 Å². The van der Waals surface area contributed by atoms with Crippen LogP contribution in [0.1, 0.15) is 46.2 Å². The number of nitrogens with zero attached hydrogens (tertiary/aromatic N) is 1. The predicted octanol–water partition coefficient (Wildman–Crippen LogP) is 3.51. The van der Waals surface area contributed by atoms with Gasteiger partial charge in [-0.3, -0.25) is 4.79 Å². The van der Waals surface area contributed by atoms with Crippen molar-refractivity contribution >= 4 is 5.91 Å². The lowest BCUT2D eigenvalue weighted by molar-refractivity contribution is 0.1000. The molecule has 1 saturated carbocycles. The number of benzene rings is 1. The minimum atomic E-state index is -0.333. The summed E-state index contributed by atoms with van der Waals surface area (Å²) in [6, 6.07) is 8.83. The number of aromatic nitrogens is 1. The minimum absolute atomic E-state index is 0.333. The molecule has 1 heterocycles. The van der Waals surface area contributed by atoms with Crippen LogP contribution in [0.2, 0.25) is 0 Å². The molecule has 2 N–H and O–H groups in total. The topological polar surface area (TPSA) is 48.0 Å². The fourth-order valence-corrected chi connectivity index (χ4v) is 3.11. The van der Waals surface area contributed by atoms with Crippen molar-refractivity contribution in [2.75, 3.05) is 0 Å². The van der Waals surface area contributed by atoms with Crippen LogP contribution in [0.5, 0.6) is 0 Å². The minimum Gasteiger partial charge on any atom is -0.366 e. The van der Waals surface area contributed by atoms with E-state index in [1.807, 2.05) is 6.92 Å². The van der Waals surface area contributed by atoms with Crippen LogP contribution in [0, 0.1) is 20.8 Å². The highest BCUT2D eigenvalue weighted by Crippen LogP contribution is 2.42. The van der Waals surface area contributed by atoms with Crippen LogP contribution in [-0.2, 0) is 0 Å². The summed E-state index contributed by atoms with van der Waals surface area (Å²) in [6.45, 7) is 6.16. The Kier molecular flexibility index (Phi) is 2.93. The number of carbonyl (C=O) groups excluding carboxylic acids is 1. The Morgan fingerprint density at radius 3 is 2.20 bits per heavy atom. The monoisotopic (exact) mass is 268 g/mol. The first-order valence-corrected chi connectivity index (χ1v) is 7.09. The fourth-order valence-electron chi connectivity index (χ4n) is 3.11. The van der Waals surface area contributed by atoms with E-state index in [4.69, 9.17) is 5.73 Å². The second-order valence-electron chi connectivity index (χ2n) is 5.75. The highest BCUT2D eigenvalue weighted by Gasteiger charge is 2.31. The molecule has 1 amide bonds. The average molecular weight is 268 g/mol. The fraction of sp³-hybridized carbons (Fsp3) is 0.353. The lowest BCUT2D eigenvalue weighted by atomic mass is 9.99. The lowest BCUT2D eigenvalue weighted by Crippen LogP contribution is -2.13. The third-order valence-electron chi connectivity index (χ3n) is 4.19. The number of hydrogen-bond acceptors (Lipinski definition) is 1. The van der Waals surface area contributed by atoms with Crippen LogP contribution in [0.15, 0.2) is 24.3 Å². The zero-order chi connectivity index (χ0) is 14.4. The average Bonchev–Trinajstić information content (AvgIpc) is 3.17. The molecule has 3 heteroatoms. The summed E-state index contributed by atoms with van der Waals surface area (Å²) in [6.07, 6.45) is 2.39. The summed E-state index contributed by atoms with van der Waals surface area (Å²) < 4.78 is 2.29. The Morgan fingerprint density at radius 2 is 1.70 bits per heavy atom. The molecule has 0 radical (unpaired) electrons. The van der Waals surface area contributed by atoms with Crippen molar-refractivity contribution in [3.63, 3.8) is 0 Å². The van der Waals surface area contributed by atoms with Crippen molar-refractivity contribution in [1.29, 1.82) is 0 Å². The van der Waals surface area contributed by atoms with Gasteiger partial charge in [-0.15, -0.1) is 0 Å². The first-order chi connectivity index (χ1) is 9.50. The Hall–Kier alpha value is -2.03. The largest absolute Gasteiger partial charge is 0.366 e. The van der Waals surface area contributed by atoms with E-state index in [2.05, 4.69) is 42.7 Å². The van der Waals surface area contributed by atoms with E-state index in [1.54, 1.807) is 0 Å². The number of aryl methyl sites for hydroxylation is 1. The van der Waals surface area contributed by atoms with Gasteiger partial charge in [0.1, 0.15) is 0 Å². The third-order valence-corrected chi connectivity index (χ3v) is 4.19. The van der Waals surface area contributed by atoms with Gasteiger partial charge in [-0.25, -0.2) is 0 Å². The molecule has 2 aromatic rings. The van der Waals surface area contributed by atoms with Gasteiger partial charge in [0.05, 0.1) is 5.56 Å². The molecule has 1 aromatic carbocycles. The standard InChI is InChI=1S/C17H20N2O/c1-10-4-6-13(7-5-10)15-11(2)19(14-8-9-14)12(3)16(15)17(18)20/h4-7,14H,8-9H2,1-3H3,(H2,18,20). The van der Waals surface area contributed by atoms with E-state index in [-0.39, 0.29) is 5.91 Å². The van der Waals surface area contributed by atoms with Gasteiger partial charge in [0.25, 0.3) is 5.91 Å². The van der Waals surface area contributed by atoms with Crippen molar-refractivity contribution in [1.82, 2.24) is 4.57 Å². The lowest BCUT2D eigenvalue weighted by Gasteiger charge is -2.07. The highest BCUT2D eigenvalue weighted by molar-refractivity contribution is 6.02. The number of primary amides is 1. The summed E-state index contributed by atoms with van der Waals surface area (Å²) in [4.78, 5) is 11.9. The van der Waals surface area contributed by atoms with Crippen LogP contribution in [0.3, 0.4) is 0 Å². The number of amides is 1. The summed E-state index contributed by atoms with van der Waals surface area (Å²) in [5, 5.41) is 0. The second kappa shape index (κ2) is 4.51. The number of hydrogen-bond donors (Lipinski definition) is 1. The summed E-state index contributed by atoms with van der Waals surface area (Å²) in [7, 11) is 0. The molecular formula is C17H20N2O. The van der Waals surface area contributed by atoms with Crippen LogP contribution >= 0.6 is 0 Å². The van der Waals surface area contributed by atoms with Crippen LogP contribution < -0.4 is 5.73 Å². The number of nitrogens with two attached hydrogens (primary N) is 1. The first kappa shape index (κ1) is 13.0. The zero-order valence-corrected chi connectivity index (χ0v) is 12.2. The van der Waals surface area contributed by atoms with Gasteiger partial charge in [0, 0.05) is 23.0 Å². The first-order valence-electron chi connectivity index (χ1n) is 7.09. The molecule has 1 fully saturated rings. The van der Waals surface area contributed by atoms with Crippen molar-refractivity contribution < 1.29 is 4.79 Å². The molecule has 0 bridgehead atoms. The molecule has 0 unspecified atom stereocenters. The van der Waals surface area contributed by atoms with Crippen LogP contribution in [0.4, 0.5) is 0 Å². The van der Waals surface area contributed by atoms with E-state index < -0.39 is 0 Å². The molecule has 3 rings (SSSR count). The van der Waals surface area contributed by atoms with E-state index in [1.165, 1.54) is 18.4 Å². The number of carbonyl (C=O) groups is 1. The Labute approximate surface area is 119 Å². The Balaban J connectivity index is 2.25. The zero-order valence-electron chi connectivity index (χ0n) is 12.2. The molecule has 0 spiro atoms. The van der Waals surface area contributed by atoms with E-state index in [0.29, 0.717) is 11.6 Å². The maximum Gasteiger partial charge on any atom is 0.251 e. The van der Waals surface area contributed by atoms with Crippen molar-refractivity contribution in [3.05, 3.63) is 46.8 Å². The molecule has 0 atom stereocenters. The van der Waals surface area contributed by atoms with Crippen LogP contribution in [0.25, 0.3) is 11.1 Å². The van der Waals surface area contributed by atoms with E-state index in [9.17, 15) is 4.79 Å². The molecule has 20 heavy (non-hydrogen) atoms. The van der Waals surface area contributed by atoms with E-state index in [0.717, 1.165) is 22.5 Å². The van der Waals surface area contributed by atoms with Gasteiger partial charge < -0.3 is 10.3 Å². The normalized spacial score (nSPS) is 14.6. The molecule has 1 aliphatic rings. The molecule has 0 aliphatic heterocycles. The maximum absolute atomic E-state index is 11.9. The molecule has 1 aliphatic carbocycles. The smallest absolute Gasteiger partial charge is 0.251 e. The molecule has 104 valence electrons. The number of rotatable bonds is 3. The quantitative estimate of drug-likeness (QED) is 0.909. The second-order valence-corrected chi connectivity index (χ2v) is 5.75. The van der Waals surface area contributed by atoms with Gasteiger partial charge in [0.15, 0.2) is 0 Å². The molecule has 3 nitrogen and oxygen atoms in total. The molecular weight excluding hydrogens is 248 g/mol. The Morgan fingerprint density at radius 1 is 1.10 bits per heavy atom. The Bertz CT molecular complexity index is 676. The van der Waals surface area contributed by atoms with Crippen LogP contribution in [-0.4, -0.2) is 10.5 Å². The maximum atomic E-state index is 11.9. The SMILES string of the molecule is Cc1ccc(-c2c(C(N)=O)c(C)n(C3CC3)c2C)cc1. The van der Waals surface area contributed by atoms with Gasteiger partial charge in [-0.1, -0.05) is 29.8 Å².